The summed E-state index contributed by atoms with van der Waals surface area (Å²) in [6, 6.07) is 185. The van der Waals surface area contributed by atoms with E-state index < -0.39 is 0 Å². The Morgan fingerprint density at radius 3 is 0.768 bits per heavy atom. The van der Waals surface area contributed by atoms with Gasteiger partial charge >= 0.3 is 0 Å². The van der Waals surface area contributed by atoms with Crippen LogP contribution in [0.4, 0.5) is 51.2 Å². The standard InChI is InChI=1S/3C44H28N2/c1-3-10-29(11-4-1)30-22-25-34(26-23-30)45(33-13-5-2-6-14-33)35-15-8-16-36(28-35)46-39-19-9-18-38-37-17-7-12-31-20-21-32-24-27-40(46)44(43(38)39)42(32)41(31)37;1-3-10-33(11-4-1)45(34-12-5-2-6-13-34)35-24-19-29(20-25-35)30-21-26-36(27-22-30)46-39-16-8-15-38-37-14-7-9-31-17-18-32-23-28-40(46)44(43(38)39)42(32)41(31)37;1-3-12-32(13-4-1)45(33-14-5-2-6-15-33)34-26-23-29(24-27-34)35-16-7-8-19-38(35)46-39-20-10-18-37-36-17-9-11-30-21-22-31-25-28-40(46)44(43(37)39)42(31)41(30)36/h3*1-28H. The summed E-state index contributed by atoms with van der Waals surface area (Å²) in [5.74, 6) is 0. The number of hydrogen-bond acceptors (Lipinski definition) is 3. The number of benzene rings is 27. The minimum absolute atomic E-state index is 1.11. The van der Waals surface area contributed by atoms with Gasteiger partial charge in [-0.3, -0.25) is 0 Å². The lowest BCUT2D eigenvalue weighted by Crippen LogP contribution is -2.10. The molecule has 0 aliphatic rings. The summed E-state index contributed by atoms with van der Waals surface area (Å²) in [7, 11) is 0. The lowest BCUT2D eigenvalue weighted by atomic mass is 9.89. The SMILES string of the molecule is c1ccc(-c2ccc(N(c3ccccc3)c3cccc(-n4c5cccc6c7cccc8ccc9ccc4c(c9c87)c65)c3)cc2)cc1.c1ccc(N(c2ccccc2)c2ccc(-c3ccc(-n4c5cccc6c7cccc8ccc9ccc4c(c9c87)c65)cc3)cc2)cc1.c1ccc(N(c2ccccc2)c2ccc(-c3ccccc3-n3c4cccc5c6cccc7ccc8ccc3c(c8c76)c54)cc2)cc1. The van der Waals surface area contributed by atoms with Crippen LogP contribution in [0.1, 0.15) is 0 Å². The molecule has 30 aromatic rings. The van der Waals surface area contributed by atoms with Crippen LogP contribution in [0.25, 0.3) is 213 Å². The Balaban J connectivity index is 0.000000102. The van der Waals surface area contributed by atoms with Crippen LogP contribution < -0.4 is 14.7 Å². The summed E-state index contributed by atoms with van der Waals surface area (Å²) in [6.07, 6.45) is 0. The first-order valence-corrected chi connectivity index (χ1v) is 47.6. The molecular weight excluding hydrogens is 1670 g/mol. The molecule has 0 aliphatic carbocycles. The van der Waals surface area contributed by atoms with Crippen LogP contribution in [-0.4, -0.2) is 13.7 Å². The van der Waals surface area contributed by atoms with Crippen LogP contribution in [0.15, 0.2) is 510 Å². The highest BCUT2D eigenvalue weighted by atomic mass is 15.2. The highest BCUT2D eigenvalue weighted by Gasteiger charge is 2.29. The maximum atomic E-state index is 2.49. The first-order chi connectivity index (χ1) is 68.5. The van der Waals surface area contributed by atoms with E-state index in [1.165, 1.54) is 207 Å². The average Bonchev–Trinajstić information content (AvgIpc) is 1.52. The fourth-order valence-electron chi connectivity index (χ4n) is 23.1. The number of fused-ring (bicyclic) bond motifs is 3. The normalized spacial score (nSPS) is 11.9. The van der Waals surface area contributed by atoms with Crippen molar-refractivity contribution in [1.29, 1.82) is 0 Å². The van der Waals surface area contributed by atoms with Crippen molar-refractivity contribution in [2.24, 2.45) is 0 Å². The van der Waals surface area contributed by atoms with Crippen LogP contribution in [0.3, 0.4) is 0 Å². The minimum atomic E-state index is 1.11. The van der Waals surface area contributed by atoms with Gasteiger partial charge in [-0.25, -0.2) is 0 Å². The quantitative estimate of drug-likeness (QED) is 0.0755. The van der Waals surface area contributed by atoms with Gasteiger partial charge in [0.05, 0.1) is 38.8 Å². The molecule has 3 heterocycles. The number of aromatic nitrogens is 3. The zero-order chi connectivity index (χ0) is 90.6. The van der Waals surface area contributed by atoms with Gasteiger partial charge in [-0.1, -0.05) is 340 Å². The smallest absolute Gasteiger partial charge is 0.0548 e. The predicted octanol–water partition coefficient (Wildman–Crippen LogP) is 36.8. The molecule has 0 spiro atoms. The summed E-state index contributed by atoms with van der Waals surface area (Å²) in [6.45, 7) is 0. The van der Waals surface area contributed by atoms with Crippen LogP contribution in [0.2, 0.25) is 0 Å². The summed E-state index contributed by atoms with van der Waals surface area (Å²) in [5.41, 5.74) is 28.4. The number of rotatable bonds is 15. The van der Waals surface area contributed by atoms with E-state index in [0.717, 1.165) is 56.9 Å². The fraction of sp³-hybridized carbons (Fsp3) is 0. The molecule has 30 rings (SSSR count). The van der Waals surface area contributed by atoms with Gasteiger partial charge in [-0.2, -0.15) is 0 Å². The van der Waals surface area contributed by atoms with E-state index in [2.05, 4.69) is 538 Å². The van der Waals surface area contributed by atoms with Crippen LogP contribution >= 0.6 is 0 Å². The molecule has 0 aliphatic heterocycles. The molecule has 0 atom stereocenters. The molecule has 6 nitrogen and oxygen atoms in total. The second-order valence-corrected chi connectivity index (χ2v) is 36.5. The molecule has 0 fully saturated rings. The zero-order valence-corrected chi connectivity index (χ0v) is 75.2. The van der Waals surface area contributed by atoms with Gasteiger partial charge in [-0.05, 0) is 278 Å². The molecule has 6 heteroatoms. The third-order valence-corrected chi connectivity index (χ3v) is 29.0. The topological polar surface area (TPSA) is 24.5 Å². The lowest BCUT2D eigenvalue weighted by molar-refractivity contribution is 1.17. The molecule has 3 aromatic heterocycles. The van der Waals surface area contributed by atoms with Crippen molar-refractivity contribution < 1.29 is 0 Å². The van der Waals surface area contributed by atoms with Gasteiger partial charge in [0.15, 0.2) is 0 Å². The Hall–Kier alpha value is -18.4. The van der Waals surface area contributed by atoms with E-state index in [-0.39, 0.29) is 0 Å². The molecule has 0 amide bonds. The third-order valence-electron chi connectivity index (χ3n) is 29.0. The van der Waals surface area contributed by atoms with Crippen LogP contribution in [-0.2, 0) is 0 Å². The largest absolute Gasteiger partial charge is 0.311 e. The van der Waals surface area contributed by atoms with E-state index in [1.54, 1.807) is 0 Å². The molecule has 642 valence electrons. The Labute approximate surface area is 796 Å². The summed E-state index contributed by atoms with van der Waals surface area (Å²) >= 11 is 0. The van der Waals surface area contributed by atoms with Crippen molar-refractivity contribution in [3.8, 4) is 50.4 Å². The summed E-state index contributed by atoms with van der Waals surface area (Å²) in [5, 5.41) is 32.1. The molecule has 0 N–H and O–H groups in total. The van der Waals surface area contributed by atoms with Gasteiger partial charge in [-0.15, -0.1) is 0 Å². The monoisotopic (exact) mass is 1750 g/mol. The van der Waals surface area contributed by atoms with Crippen LogP contribution in [0, 0.1) is 0 Å². The second-order valence-electron chi connectivity index (χ2n) is 36.5. The van der Waals surface area contributed by atoms with Gasteiger partial charge in [0.2, 0.25) is 0 Å². The molecule has 0 saturated heterocycles. The van der Waals surface area contributed by atoms with Crippen molar-refractivity contribution in [2.75, 3.05) is 14.7 Å². The molecule has 27 aromatic carbocycles. The predicted molar refractivity (Wildman–Crippen MR) is 587 cm³/mol. The highest BCUT2D eigenvalue weighted by molar-refractivity contribution is 6.43. The van der Waals surface area contributed by atoms with E-state index in [0.29, 0.717) is 0 Å². The first kappa shape index (κ1) is 78.3. The van der Waals surface area contributed by atoms with Crippen molar-refractivity contribution in [1.82, 2.24) is 13.7 Å². The number of nitrogens with zero attached hydrogens (tertiary/aromatic N) is 6. The third kappa shape index (κ3) is 12.3. The summed E-state index contributed by atoms with van der Waals surface area (Å²) in [4.78, 5) is 6.96. The average molecular weight is 1750 g/mol. The Kier molecular flexibility index (Phi) is 18.0. The number of anilines is 9. The maximum Gasteiger partial charge on any atom is 0.0548 e. The Bertz CT molecular complexity index is 9700. The number of para-hydroxylation sites is 6. The van der Waals surface area contributed by atoms with E-state index in [9.17, 15) is 0 Å². The molecule has 0 saturated carbocycles. The van der Waals surface area contributed by atoms with E-state index in [1.807, 2.05) is 0 Å². The van der Waals surface area contributed by atoms with Gasteiger partial charge in [0.1, 0.15) is 0 Å². The minimum Gasteiger partial charge on any atom is -0.311 e. The highest BCUT2D eigenvalue weighted by Crippen LogP contribution is 2.53. The molecule has 138 heavy (non-hydrogen) atoms. The van der Waals surface area contributed by atoms with Crippen molar-refractivity contribution in [3.63, 3.8) is 0 Å². The summed E-state index contributed by atoms with van der Waals surface area (Å²) < 4.78 is 7.40. The molecule has 0 unspecified atom stereocenters. The van der Waals surface area contributed by atoms with Crippen molar-refractivity contribution >= 4 is 214 Å². The second kappa shape index (κ2) is 31.7. The van der Waals surface area contributed by atoms with Gasteiger partial charge in [0, 0.05) is 117 Å². The fourth-order valence-corrected chi connectivity index (χ4v) is 23.1. The Morgan fingerprint density at radius 1 is 0.130 bits per heavy atom. The van der Waals surface area contributed by atoms with Gasteiger partial charge in [0.25, 0.3) is 0 Å². The lowest BCUT2D eigenvalue weighted by Gasteiger charge is -2.26. The molecule has 0 radical (unpaired) electrons. The molecule has 0 bridgehead atoms. The van der Waals surface area contributed by atoms with Crippen molar-refractivity contribution in [2.45, 2.75) is 0 Å². The van der Waals surface area contributed by atoms with E-state index >= 15 is 0 Å². The Morgan fingerprint density at radius 2 is 0.384 bits per heavy atom. The maximum absolute atomic E-state index is 2.49. The molecular formula is C132H84N6. The van der Waals surface area contributed by atoms with Gasteiger partial charge < -0.3 is 28.4 Å². The van der Waals surface area contributed by atoms with Crippen molar-refractivity contribution in [3.05, 3.63) is 510 Å². The first-order valence-electron chi connectivity index (χ1n) is 47.6. The van der Waals surface area contributed by atoms with E-state index in [4.69, 9.17) is 0 Å². The van der Waals surface area contributed by atoms with Crippen LogP contribution in [0.5, 0.6) is 0 Å². The number of hydrogen-bond donors (Lipinski definition) is 0. The zero-order valence-electron chi connectivity index (χ0n) is 75.2.